The minimum atomic E-state index is -3.52. The van der Waals surface area contributed by atoms with E-state index in [0.717, 1.165) is 11.8 Å². The lowest BCUT2D eigenvalue weighted by Gasteiger charge is -2.23. The lowest BCUT2D eigenvalue weighted by Crippen LogP contribution is -2.19. The summed E-state index contributed by atoms with van der Waals surface area (Å²) in [4.78, 5) is 11.0. The summed E-state index contributed by atoms with van der Waals surface area (Å²) in [5, 5.41) is 0. The summed E-state index contributed by atoms with van der Waals surface area (Å²) >= 11 is 0. The number of benzene rings is 1. The molecule has 118 valence electrons. The molecular weight excluding hydrogens is 296 g/mol. The van der Waals surface area contributed by atoms with Crippen molar-refractivity contribution in [3.8, 4) is 11.5 Å². The van der Waals surface area contributed by atoms with E-state index in [1.54, 1.807) is 12.1 Å². The van der Waals surface area contributed by atoms with Crippen molar-refractivity contribution in [3.05, 3.63) is 17.7 Å². The van der Waals surface area contributed by atoms with Gasteiger partial charge in [-0.25, -0.2) is 13.2 Å². The molecule has 0 atom stereocenters. The molecule has 0 aliphatic rings. The highest BCUT2D eigenvalue weighted by Crippen LogP contribution is 2.40. The van der Waals surface area contributed by atoms with Crippen molar-refractivity contribution in [2.45, 2.75) is 26.2 Å². The zero-order valence-electron chi connectivity index (χ0n) is 12.7. The van der Waals surface area contributed by atoms with Crippen molar-refractivity contribution in [2.75, 3.05) is 18.1 Å². The molecule has 0 fully saturated rings. The Morgan fingerprint density at radius 2 is 1.86 bits per heavy atom. The zero-order valence-corrected chi connectivity index (χ0v) is 13.5. The minimum Gasteiger partial charge on any atom is -0.491 e. The van der Waals surface area contributed by atoms with Crippen LogP contribution in [-0.2, 0) is 15.4 Å². The highest BCUT2D eigenvalue weighted by atomic mass is 32.2. The molecule has 3 N–H and O–H groups in total. The highest BCUT2D eigenvalue weighted by molar-refractivity contribution is 7.92. The summed E-state index contributed by atoms with van der Waals surface area (Å²) in [6, 6.07) is 3.23. The van der Waals surface area contributed by atoms with E-state index in [2.05, 4.69) is 4.72 Å². The monoisotopic (exact) mass is 316 g/mol. The van der Waals surface area contributed by atoms with Crippen LogP contribution in [0.4, 0.5) is 10.5 Å². The second kappa shape index (κ2) is 5.80. The van der Waals surface area contributed by atoms with Gasteiger partial charge in [0.25, 0.3) is 0 Å². The van der Waals surface area contributed by atoms with E-state index in [0.29, 0.717) is 0 Å². The maximum absolute atomic E-state index is 11.5. The van der Waals surface area contributed by atoms with E-state index in [1.165, 1.54) is 7.11 Å². The number of nitrogens with one attached hydrogen (secondary N) is 1. The number of rotatable bonds is 4. The Bertz CT molecular complexity index is 647. The number of anilines is 1. The smallest absolute Gasteiger partial charge is 0.410 e. The largest absolute Gasteiger partial charge is 0.491 e. The minimum absolute atomic E-state index is 0.0589. The van der Waals surface area contributed by atoms with Gasteiger partial charge in [-0.05, 0) is 23.1 Å². The van der Waals surface area contributed by atoms with E-state index < -0.39 is 16.1 Å². The fourth-order valence-electron chi connectivity index (χ4n) is 1.71. The SMILES string of the molecule is COc1c(NS(C)(=O)=O)cc(C(C)(C)C)cc1OC(N)=O. The van der Waals surface area contributed by atoms with Crippen molar-refractivity contribution in [1.29, 1.82) is 0 Å². The van der Waals surface area contributed by atoms with Crippen molar-refractivity contribution in [3.63, 3.8) is 0 Å². The number of hydrogen-bond donors (Lipinski definition) is 2. The van der Waals surface area contributed by atoms with Crippen molar-refractivity contribution in [1.82, 2.24) is 0 Å². The van der Waals surface area contributed by atoms with Crippen LogP contribution in [-0.4, -0.2) is 27.9 Å². The fraction of sp³-hybridized carbons (Fsp3) is 0.462. The molecule has 1 aromatic carbocycles. The first-order valence-electron chi connectivity index (χ1n) is 6.11. The molecule has 0 spiro atoms. The third kappa shape index (κ3) is 4.82. The molecule has 0 radical (unpaired) electrons. The summed E-state index contributed by atoms with van der Waals surface area (Å²) in [5.74, 6) is 0.149. The van der Waals surface area contributed by atoms with E-state index in [4.69, 9.17) is 15.2 Å². The van der Waals surface area contributed by atoms with Gasteiger partial charge < -0.3 is 15.2 Å². The summed E-state index contributed by atoms with van der Waals surface area (Å²) in [5.41, 5.74) is 5.67. The van der Waals surface area contributed by atoms with Crippen LogP contribution in [0.25, 0.3) is 0 Å². The Hall–Kier alpha value is -1.96. The van der Waals surface area contributed by atoms with E-state index in [1.807, 2.05) is 20.8 Å². The molecule has 0 unspecified atom stereocenters. The first kappa shape index (κ1) is 17.1. The third-order valence-electron chi connectivity index (χ3n) is 2.63. The van der Waals surface area contributed by atoms with Crippen molar-refractivity contribution < 1.29 is 22.7 Å². The van der Waals surface area contributed by atoms with Crippen LogP contribution in [0.15, 0.2) is 12.1 Å². The van der Waals surface area contributed by atoms with Gasteiger partial charge in [-0.2, -0.15) is 0 Å². The first-order valence-corrected chi connectivity index (χ1v) is 8.01. The van der Waals surface area contributed by atoms with Gasteiger partial charge in [0.05, 0.1) is 19.1 Å². The number of hydrogen-bond acceptors (Lipinski definition) is 5. The van der Waals surface area contributed by atoms with Gasteiger partial charge in [-0.1, -0.05) is 20.8 Å². The molecule has 1 amide bonds. The molecule has 0 aromatic heterocycles. The predicted octanol–water partition coefficient (Wildman–Crippen LogP) is 1.82. The van der Waals surface area contributed by atoms with Gasteiger partial charge in [-0.3, -0.25) is 4.72 Å². The van der Waals surface area contributed by atoms with Gasteiger partial charge in [0.15, 0.2) is 11.5 Å². The van der Waals surface area contributed by atoms with E-state index in [-0.39, 0.29) is 22.6 Å². The normalized spacial score (nSPS) is 11.9. The lowest BCUT2D eigenvalue weighted by molar-refractivity contribution is 0.208. The molecule has 0 heterocycles. The molecule has 0 saturated carbocycles. The zero-order chi connectivity index (χ0) is 16.4. The van der Waals surface area contributed by atoms with E-state index >= 15 is 0 Å². The maximum Gasteiger partial charge on any atom is 0.410 e. The Labute approximate surface area is 124 Å². The number of primary amides is 1. The Kier molecular flexibility index (Phi) is 4.72. The average Bonchev–Trinajstić information content (AvgIpc) is 2.24. The number of nitrogens with two attached hydrogens (primary N) is 1. The topological polar surface area (TPSA) is 108 Å². The number of carbonyl (C=O) groups is 1. The van der Waals surface area contributed by atoms with Gasteiger partial charge in [0, 0.05) is 0 Å². The van der Waals surface area contributed by atoms with Crippen molar-refractivity contribution >= 4 is 21.8 Å². The van der Waals surface area contributed by atoms with Crippen LogP contribution in [0.1, 0.15) is 26.3 Å². The highest BCUT2D eigenvalue weighted by Gasteiger charge is 2.22. The quantitative estimate of drug-likeness (QED) is 0.881. The van der Waals surface area contributed by atoms with Crippen LogP contribution < -0.4 is 19.9 Å². The molecule has 1 rings (SSSR count). The number of carbonyl (C=O) groups excluding carboxylic acids is 1. The number of methoxy groups -OCH3 is 1. The predicted molar refractivity (Wildman–Crippen MR) is 80.4 cm³/mol. The molecule has 0 aliphatic heterocycles. The molecule has 0 saturated heterocycles. The second-order valence-corrected chi connectivity index (χ2v) is 7.35. The average molecular weight is 316 g/mol. The molecule has 8 heteroatoms. The summed E-state index contributed by atoms with van der Waals surface area (Å²) in [7, 11) is -2.18. The number of amides is 1. The van der Waals surface area contributed by atoms with Crippen LogP contribution >= 0.6 is 0 Å². The molecular formula is C13H20N2O5S. The molecule has 0 bridgehead atoms. The lowest BCUT2D eigenvalue weighted by atomic mass is 9.86. The number of sulfonamides is 1. The van der Waals surface area contributed by atoms with Gasteiger partial charge in [0.2, 0.25) is 10.0 Å². The molecule has 7 nitrogen and oxygen atoms in total. The fourth-order valence-corrected chi connectivity index (χ4v) is 2.26. The Balaban J connectivity index is 3.55. The molecule has 0 aliphatic carbocycles. The standard InChI is InChI=1S/C13H20N2O5S/c1-13(2,3)8-6-9(15-21(5,17)18)11(19-4)10(7-8)20-12(14)16/h6-7,15H,1-5H3,(H2,14,16). The first-order chi connectivity index (χ1) is 9.44. The van der Waals surface area contributed by atoms with Crippen LogP contribution in [0.2, 0.25) is 0 Å². The van der Waals surface area contributed by atoms with Crippen molar-refractivity contribution in [2.24, 2.45) is 5.73 Å². The van der Waals surface area contributed by atoms with Gasteiger partial charge in [0.1, 0.15) is 0 Å². The Morgan fingerprint density at radius 3 is 2.24 bits per heavy atom. The molecule has 1 aromatic rings. The van der Waals surface area contributed by atoms with Crippen LogP contribution in [0.5, 0.6) is 11.5 Å². The maximum atomic E-state index is 11.5. The van der Waals surface area contributed by atoms with Gasteiger partial charge >= 0.3 is 6.09 Å². The molecule has 21 heavy (non-hydrogen) atoms. The van der Waals surface area contributed by atoms with Crippen LogP contribution in [0, 0.1) is 0 Å². The number of ether oxygens (including phenoxy) is 2. The van der Waals surface area contributed by atoms with Crippen LogP contribution in [0.3, 0.4) is 0 Å². The third-order valence-corrected chi connectivity index (χ3v) is 3.22. The van der Waals surface area contributed by atoms with Gasteiger partial charge in [-0.15, -0.1) is 0 Å². The summed E-state index contributed by atoms with van der Waals surface area (Å²) in [6.45, 7) is 5.81. The van der Waals surface area contributed by atoms with E-state index in [9.17, 15) is 13.2 Å². The summed E-state index contributed by atoms with van der Waals surface area (Å²) < 4.78 is 35.3. The Morgan fingerprint density at radius 1 is 1.29 bits per heavy atom. The summed E-state index contributed by atoms with van der Waals surface area (Å²) in [6.07, 6.45) is 0.00910. The second-order valence-electron chi connectivity index (χ2n) is 5.60.